The van der Waals surface area contributed by atoms with Crippen LogP contribution in [0.5, 0.6) is 11.5 Å². The van der Waals surface area contributed by atoms with Gasteiger partial charge in [0.15, 0.2) is 0 Å². The Bertz CT molecular complexity index is 992. The summed E-state index contributed by atoms with van der Waals surface area (Å²) < 4.78 is 0. The maximum atomic E-state index is 10.5. The van der Waals surface area contributed by atoms with Crippen LogP contribution in [-0.4, -0.2) is 10.2 Å². The third-order valence-corrected chi connectivity index (χ3v) is 6.20. The standard InChI is InChI=1S/C26H24O2/c27-25-13-3-1-9-21(25)23-15-17-7-6-12-20(17)24(16-18-8-5-11-19(18)23)22-10-2-4-14-26(22)28/h1-4,9-10,13-16,27-28H,5-8,11-12H2/b17-15?,18-16?,23-15+,23-19?,24-16+,24-20?. The van der Waals surface area contributed by atoms with Crippen LogP contribution in [0.2, 0.25) is 0 Å². The molecule has 0 heterocycles. The summed E-state index contributed by atoms with van der Waals surface area (Å²) in [7, 11) is 0. The van der Waals surface area contributed by atoms with Crippen molar-refractivity contribution in [2.24, 2.45) is 0 Å². The number of hydrogen-bond acceptors (Lipinski definition) is 2. The van der Waals surface area contributed by atoms with Gasteiger partial charge in [0.1, 0.15) is 11.5 Å². The first-order valence-electron chi connectivity index (χ1n) is 10.2. The van der Waals surface area contributed by atoms with Crippen LogP contribution in [0.4, 0.5) is 0 Å². The highest BCUT2D eigenvalue weighted by Crippen LogP contribution is 2.48. The summed E-state index contributed by atoms with van der Waals surface area (Å²) in [6.07, 6.45) is 11.0. The molecule has 0 saturated heterocycles. The van der Waals surface area contributed by atoms with E-state index in [-0.39, 0.29) is 0 Å². The summed E-state index contributed by atoms with van der Waals surface area (Å²) in [5.41, 5.74) is 9.56. The van der Waals surface area contributed by atoms with Gasteiger partial charge >= 0.3 is 0 Å². The zero-order valence-corrected chi connectivity index (χ0v) is 15.9. The van der Waals surface area contributed by atoms with Crippen molar-refractivity contribution in [3.63, 3.8) is 0 Å². The summed E-state index contributed by atoms with van der Waals surface area (Å²) >= 11 is 0. The van der Waals surface area contributed by atoms with Crippen LogP contribution in [0.3, 0.4) is 0 Å². The van der Waals surface area contributed by atoms with Crippen molar-refractivity contribution in [1.29, 1.82) is 0 Å². The molecule has 5 rings (SSSR count). The Morgan fingerprint density at radius 3 is 1.39 bits per heavy atom. The Morgan fingerprint density at radius 2 is 0.964 bits per heavy atom. The smallest absolute Gasteiger partial charge is 0.123 e. The number of hydrogen-bond donors (Lipinski definition) is 2. The topological polar surface area (TPSA) is 40.5 Å². The zero-order chi connectivity index (χ0) is 19.1. The molecule has 0 atom stereocenters. The van der Waals surface area contributed by atoms with Gasteiger partial charge in [0.25, 0.3) is 0 Å². The normalized spacial score (nSPS) is 22.7. The molecule has 2 heteroatoms. The van der Waals surface area contributed by atoms with Gasteiger partial charge in [0, 0.05) is 11.1 Å². The Hall–Kier alpha value is -3.00. The van der Waals surface area contributed by atoms with E-state index in [9.17, 15) is 10.2 Å². The lowest BCUT2D eigenvalue weighted by Gasteiger charge is -2.19. The van der Waals surface area contributed by atoms with Crippen molar-refractivity contribution in [1.82, 2.24) is 0 Å². The summed E-state index contributed by atoms with van der Waals surface area (Å²) in [5.74, 6) is 0.691. The molecule has 0 aliphatic heterocycles. The average molecular weight is 368 g/mol. The van der Waals surface area contributed by atoms with Crippen LogP contribution in [0, 0.1) is 0 Å². The van der Waals surface area contributed by atoms with E-state index in [2.05, 4.69) is 12.2 Å². The van der Waals surface area contributed by atoms with Gasteiger partial charge in [0.05, 0.1) is 0 Å². The minimum Gasteiger partial charge on any atom is -0.507 e. The van der Waals surface area contributed by atoms with Gasteiger partial charge in [0.2, 0.25) is 0 Å². The fourth-order valence-electron chi connectivity index (χ4n) is 4.87. The van der Waals surface area contributed by atoms with E-state index < -0.39 is 0 Å². The van der Waals surface area contributed by atoms with Gasteiger partial charge in [-0.15, -0.1) is 0 Å². The molecule has 2 aromatic carbocycles. The van der Waals surface area contributed by atoms with Gasteiger partial charge < -0.3 is 10.2 Å². The molecule has 2 N–H and O–H groups in total. The number of allylic oxidation sites excluding steroid dienone is 8. The first-order valence-corrected chi connectivity index (χ1v) is 10.2. The van der Waals surface area contributed by atoms with Crippen molar-refractivity contribution in [3.05, 3.63) is 94.1 Å². The Balaban J connectivity index is 1.75. The SMILES string of the molecule is Oc1ccccc1/C1=C/C2=C(CCC2)C(/c2ccccc2O)=C\C2=C1CCC2. The summed E-state index contributed by atoms with van der Waals surface area (Å²) in [6, 6.07) is 15.3. The molecule has 0 spiro atoms. The second kappa shape index (κ2) is 6.87. The summed E-state index contributed by atoms with van der Waals surface area (Å²) in [5, 5.41) is 21.0. The maximum absolute atomic E-state index is 10.5. The van der Waals surface area contributed by atoms with Gasteiger partial charge in [-0.1, -0.05) is 48.6 Å². The molecule has 2 aromatic rings. The molecule has 2 nitrogen and oxygen atoms in total. The van der Waals surface area contributed by atoms with E-state index in [1.54, 1.807) is 12.1 Å². The maximum Gasteiger partial charge on any atom is 0.123 e. The Morgan fingerprint density at radius 1 is 0.536 bits per heavy atom. The van der Waals surface area contributed by atoms with Crippen molar-refractivity contribution >= 4 is 11.1 Å². The minimum absolute atomic E-state index is 0.345. The number of para-hydroxylation sites is 2. The van der Waals surface area contributed by atoms with Crippen LogP contribution >= 0.6 is 0 Å². The number of rotatable bonds is 2. The molecular weight excluding hydrogens is 344 g/mol. The van der Waals surface area contributed by atoms with Crippen LogP contribution in [0.1, 0.15) is 49.7 Å². The van der Waals surface area contributed by atoms with Gasteiger partial charge in [-0.2, -0.15) is 0 Å². The molecule has 0 unspecified atom stereocenters. The van der Waals surface area contributed by atoms with E-state index in [1.807, 2.05) is 36.4 Å². The first kappa shape index (κ1) is 17.1. The number of aromatic hydroxyl groups is 2. The quantitative estimate of drug-likeness (QED) is 0.632. The average Bonchev–Trinajstić information content (AvgIpc) is 3.33. The highest BCUT2D eigenvalue weighted by atomic mass is 16.3. The molecule has 3 aliphatic carbocycles. The van der Waals surface area contributed by atoms with E-state index in [4.69, 9.17) is 0 Å². The molecule has 0 fully saturated rings. The van der Waals surface area contributed by atoms with Crippen molar-refractivity contribution in [3.8, 4) is 11.5 Å². The van der Waals surface area contributed by atoms with E-state index in [0.29, 0.717) is 11.5 Å². The van der Waals surface area contributed by atoms with Crippen LogP contribution in [0.15, 0.2) is 83.0 Å². The van der Waals surface area contributed by atoms with E-state index in [1.165, 1.54) is 33.4 Å². The summed E-state index contributed by atoms with van der Waals surface area (Å²) in [4.78, 5) is 0. The lowest BCUT2D eigenvalue weighted by molar-refractivity contribution is 0.473. The predicted octanol–water partition coefficient (Wildman–Crippen LogP) is 6.54. The number of benzene rings is 2. The van der Waals surface area contributed by atoms with Crippen LogP contribution < -0.4 is 0 Å². The van der Waals surface area contributed by atoms with Gasteiger partial charge in [-0.05, 0) is 84.1 Å². The third kappa shape index (κ3) is 2.80. The third-order valence-electron chi connectivity index (χ3n) is 6.20. The van der Waals surface area contributed by atoms with Crippen LogP contribution in [0.25, 0.3) is 11.1 Å². The fraction of sp³-hybridized carbons (Fsp3) is 0.231. The highest BCUT2D eigenvalue weighted by molar-refractivity contribution is 5.92. The molecule has 28 heavy (non-hydrogen) atoms. The second-order valence-corrected chi connectivity index (χ2v) is 7.87. The molecule has 0 amide bonds. The molecule has 0 bridgehead atoms. The number of phenols is 2. The Labute approximate surface area is 165 Å². The fourth-order valence-corrected chi connectivity index (χ4v) is 4.87. The van der Waals surface area contributed by atoms with Crippen molar-refractivity contribution < 1.29 is 10.2 Å². The number of phenolic OH excluding ortho intramolecular Hbond substituents is 2. The molecule has 0 radical (unpaired) electrons. The molecule has 0 aromatic heterocycles. The van der Waals surface area contributed by atoms with Crippen molar-refractivity contribution in [2.45, 2.75) is 38.5 Å². The zero-order valence-electron chi connectivity index (χ0n) is 15.9. The molecular formula is C26H24O2. The molecule has 0 saturated carbocycles. The lowest BCUT2D eigenvalue weighted by atomic mass is 9.85. The minimum atomic E-state index is 0.345. The van der Waals surface area contributed by atoms with Gasteiger partial charge in [-0.3, -0.25) is 0 Å². The first-order chi connectivity index (χ1) is 13.7. The molecule has 140 valence electrons. The second-order valence-electron chi connectivity index (χ2n) is 7.87. The van der Waals surface area contributed by atoms with Crippen molar-refractivity contribution in [2.75, 3.05) is 0 Å². The van der Waals surface area contributed by atoms with Gasteiger partial charge in [-0.25, -0.2) is 0 Å². The predicted molar refractivity (Wildman–Crippen MR) is 114 cm³/mol. The monoisotopic (exact) mass is 368 g/mol. The van der Waals surface area contributed by atoms with E-state index in [0.717, 1.165) is 49.7 Å². The lowest BCUT2D eigenvalue weighted by Crippen LogP contribution is -1.98. The Kier molecular flexibility index (Phi) is 4.20. The largest absolute Gasteiger partial charge is 0.507 e. The summed E-state index contributed by atoms with van der Waals surface area (Å²) in [6.45, 7) is 0. The van der Waals surface area contributed by atoms with E-state index >= 15 is 0 Å². The molecule has 3 aliphatic rings. The van der Waals surface area contributed by atoms with Crippen LogP contribution in [-0.2, 0) is 0 Å². The highest BCUT2D eigenvalue weighted by Gasteiger charge is 2.27.